The fourth-order valence-corrected chi connectivity index (χ4v) is 0.631. The van der Waals surface area contributed by atoms with E-state index in [2.05, 4.69) is 4.74 Å². The van der Waals surface area contributed by atoms with Gasteiger partial charge in [-0.1, -0.05) is 0 Å². The Balaban J connectivity index is 4.66. The molecule has 14 heavy (non-hydrogen) atoms. The number of ether oxygens (including phenoxy) is 1. The molecule has 3 nitrogen and oxygen atoms in total. The first-order valence-corrected chi connectivity index (χ1v) is 3.82. The summed E-state index contributed by atoms with van der Waals surface area (Å²) >= 11 is 0. The summed E-state index contributed by atoms with van der Waals surface area (Å²) in [6, 6.07) is 1.26. The topological polar surface area (TPSA) is 53.2 Å². The Kier molecular flexibility index (Phi) is 4.44. The van der Waals surface area contributed by atoms with Gasteiger partial charge in [-0.3, -0.25) is 0 Å². The SMILES string of the molecule is CCO/C=C/C(O)(CC#N)C(F)(F)F. The summed E-state index contributed by atoms with van der Waals surface area (Å²) in [6.07, 6.45) is -4.76. The zero-order chi connectivity index (χ0) is 11.2. The Bertz CT molecular complexity index is 244. The molecule has 0 amide bonds. The van der Waals surface area contributed by atoms with Crippen molar-refractivity contribution in [3.63, 3.8) is 0 Å². The fourth-order valence-electron chi connectivity index (χ4n) is 0.631. The minimum Gasteiger partial charge on any atom is -0.502 e. The van der Waals surface area contributed by atoms with Gasteiger partial charge in [0, 0.05) is 0 Å². The molecule has 0 saturated heterocycles. The third kappa shape index (κ3) is 3.26. The van der Waals surface area contributed by atoms with Gasteiger partial charge in [-0.05, 0) is 13.0 Å². The molecule has 0 aliphatic carbocycles. The van der Waals surface area contributed by atoms with Gasteiger partial charge >= 0.3 is 6.18 Å². The summed E-state index contributed by atoms with van der Waals surface area (Å²) in [5, 5.41) is 17.2. The van der Waals surface area contributed by atoms with Gasteiger partial charge in [0.15, 0.2) is 5.60 Å². The molecule has 0 aliphatic rings. The van der Waals surface area contributed by atoms with E-state index in [9.17, 15) is 13.2 Å². The largest absolute Gasteiger partial charge is 0.502 e. The molecule has 0 saturated carbocycles. The maximum atomic E-state index is 12.2. The van der Waals surface area contributed by atoms with Crippen LogP contribution < -0.4 is 0 Å². The summed E-state index contributed by atoms with van der Waals surface area (Å²) in [6.45, 7) is 1.78. The molecule has 0 aromatic heterocycles. The normalized spacial score (nSPS) is 16.3. The molecule has 0 heterocycles. The predicted molar refractivity (Wildman–Crippen MR) is 42.0 cm³/mol. The first-order valence-electron chi connectivity index (χ1n) is 3.82. The van der Waals surface area contributed by atoms with Gasteiger partial charge in [-0.25, -0.2) is 0 Å². The van der Waals surface area contributed by atoms with Crippen LogP contribution in [0.25, 0.3) is 0 Å². The lowest BCUT2D eigenvalue weighted by atomic mass is 10.0. The second-order valence-corrected chi connectivity index (χ2v) is 2.51. The standard InChI is InChI=1S/C8H10F3NO2/c1-2-14-6-4-7(13,3-5-12)8(9,10)11/h4,6,13H,2-3H2,1H3/b6-4+. The van der Waals surface area contributed by atoms with Crippen LogP contribution in [0.5, 0.6) is 0 Å². The van der Waals surface area contributed by atoms with Crippen LogP contribution in [-0.2, 0) is 4.74 Å². The van der Waals surface area contributed by atoms with Crippen LogP contribution in [0.15, 0.2) is 12.3 Å². The predicted octanol–water partition coefficient (Wildman–Crippen LogP) is 1.74. The van der Waals surface area contributed by atoms with E-state index in [1.165, 1.54) is 6.07 Å². The zero-order valence-electron chi connectivity index (χ0n) is 7.51. The number of rotatable bonds is 4. The molecule has 1 unspecified atom stereocenters. The minimum absolute atomic E-state index is 0.191. The van der Waals surface area contributed by atoms with Crippen molar-refractivity contribution < 1.29 is 23.0 Å². The maximum absolute atomic E-state index is 12.2. The van der Waals surface area contributed by atoms with Gasteiger partial charge < -0.3 is 9.84 Å². The molecule has 1 atom stereocenters. The number of alkyl halides is 3. The van der Waals surface area contributed by atoms with Gasteiger partial charge in [-0.2, -0.15) is 18.4 Å². The van der Waals surface area contributed by atoms with E-state index in [0.717, 1.165) is 6.26 Å². The highest BCUT2D eigenvalue weighted by atomic mass is 19.4. The van der Waals surface area contributed by atoms with Crippen LogP contribution in [0.2, 0.25) is 0 Å². The molecule has 80 valence electrons. The summed E-state index contributed by atoms with van der Waals surface area (Å²) in [4.78, 5) is 0. The van der Waals surface area contributed by atoms with Crippen LogP contribution in [0.1, 0.15) is 13.3 Å². The van der Waals surface area contributed by atoms with Crippen molar-refractivity contribution in [2.24, 2.45) is 0 Å². The number of hydrogen-bond donors (Lipinski definition) is 1. The maximum Gasteiger partial charge on any atom is 0.422 e. The summed E-state index contributed by atoms with van der Waals surface area (Å²) < 4.78 is 41.2. The Labute approximate surface area is 79.4 Å². The highest BCUT2D eigenvalue weighted by molar-refractivity contribution is 5.07. The molecular weight excluding hydrogens is 199 g/mol. The highest BCUT2D eigenvalue weighted by Gasteiger charge is 2.52. The van der Waals surface area contributed by atoms with Gasteiger partial charge in [0.25, 0.3) is 0 Å². The minimum atomic E-state index is -4.88. The van der Waals surface area contributed by atoms with Gasteiger partial charge in [0.1, 0.15) is 0 Å². The molecule has 0 radical (unpaired) electrons. The smallest absolute Gasteiger partial charge is 0.422 e. The lowest BCUT2D eigenvalue weighted by Gasteiger charge is -2.24. The van der Waals surface area contributed by atoms with Crippen LogP contribution in [0.3, 0.4) is 0 Å². The molecule has 0 aliphatic heterocycles. The lowest BCUT2D eigenvalue weighted by Crippen LogP contribution is -2.43. The lowest BCUT2D eigenvalue weighted by molar-refractivity contribution is -0.238. The zero-order valence-corrected chi connectivity index (χ0v) is 7.51. The van der Waals surface area contributed by atoms with Crippen molar-refractivity contribution in [3.8, 4) is 6.07 Å². The van der Waals surface area contributed by atoms with Gasteiger partial charge in [-0.15, -0.1) is 0 Å². The number of halogens is 3. The van der Waals surface area contributed by atoms with E-state index in [-0.39, 0.29) is 6.61 Å². The number of hydrogen-bond acceptors (Lipinski definition) is 3. The highest BCUT2D eigenvalue weighted by Crippen LogP contribution is 2.33. The first kappa shape index (κ1) is 12.8. The molecule has 1 N–H and O–H groups in total. The molecule has 0 rings (SSSR count). The molecule has 0 fully saturated rings. The van der Waals surface area contributed by atoms with Crippen molar-refractivity contribution in [2.45, 2.75) is 25.1 Å². The molecular formula is C8H10F3NO2. The van der Waals surface area contributed by atoms with Gasteiger partial charge in [0.05, 0.1) is 25.4 Å². The van der Waals surface area contributed by atoms with Crippen LogP contribution >= 0.6 is 0 Å². The number of nitrogens with zero attached hydrogens (tertiary/aromatic N) is 1. The quantitative estimate of drug-likeness (QED) is 0.717. The second-order valence-electron chi connectivity index (χ2n) is 2.51. The van der Waals surface area contributed by atoms with E-state index in [1.807, 2.05) is 0 Å². The van der Waals surface area contributed by atoms with Crippen LogP contribution in [-0.4, -0.2) is 23.5 Å². The Morgan fingerprint density at radius 2 is 2.07 bits per heavy atom. The van der Waals surface area contributed by atoms with Crippen molar-refractivity contribution in [3.05, 3.63) is 12.3 Å². The van der Waals surface area contributed by atoms with Crippen molar-refractivity contribution >= 4 is 0 Å². The molecule has 0 spiro atoms. The van der Waals surface area contributed by atoms with Crippen molar-refractivity contribution in [1.82, 2.24) is 0 Å². The van der Waals surface area contributed by atoms with Crippen molar-refractivity contribution in [2.75, 3.05) is 6.61 Å². The average Bonchev–Trinajstić information content (AvgIpc) is 2.03. The Morgan fingerprint density at radius 1 is 1.50 bits per heavy atom. The first-order chi connectivity index (χ1) is 6.37. The van der Waals surface area contributed by atoms with E-state index in [0.29, 0.717) is 6.08 Å². The van der Waals surface area contributed by atoms with Gasteiger partial charge in [0.2, 0.25) is 0 Å². The van der Waals surface area contributed by atoms with Crippen LogP contribution in [0.4, 0.5) is 13.2 Å². The fraction of sp³-hybridized carbons (Fsp3) is 0.625. The number of nitriles is 1. The molecule has 0 bridgehead atoms. The third-order valence-corrected chi connectivity index (χ3v) is 1.45. The third-order valence-electron chi connectivity index (χ3n) is 1.45. The van der Waals surface area contributed by atoms with Crippen molar-refractivity contribution in [1.29, 1.82) is 5.26 Å². The molecule has 6 heteroatoms. The van der Waals surface area contributed by atoms with E-state index in [4.69, 9.17) is 10.4 Å². The Hall–Kier alpha value is -1.22. The summed E-state index contributed by atoms with van der Waals surface area (Å²) in [5.74, 6) is 0. The van der Waals surface area contributed by atoms with E-state index >= 15 is 0 Å². The average molecular weight is 209 g/mol. The molecule has 0 aromatic carbocycles. The monoisotopic (exact) mass is 209 g/mol. The Morgan fingerprint density at radius 3 is 2.43 bits per heavy atom. The molecule has 0 aromatic rings. The van der Waals surface area contributed by atoms with Crippen LogP contribution in [0, 0.1) is 11.3 Å². The summed E-state index contributed by atoms with van der Waals surface area (Å²) in [5.41, 5.74) is -3.13. The second kappa shape index (κ2) is 4.86. The summed E-state index contributed by atoms with van der Waals surface area (Å²) in [7, 11) is 0. The van der Waals surface area contributed by atoms with E-state index in [1.54, 1.807) is 6.92 Å². The number of aliphatic hydroxyl groups is 1. The van der Waals surface area contributed by atoms with E-state index < -0.39 is 18.2 Å².